The number of amides is 2. The van der Waals surface area contributed by atoms with Crippen LogP contribution in [0.15, 0.2) is 58.7 Å². The molecule has 4 aliphatic heterocycles. The van der Waals surface area contributed by atoms with Crippen LogP contribution in [0.3, 0.4) is 0 Å². The summed E-state index contributed by atoms with van der Waals surface area (Å²) in [5, 5.41) is 54.9. The molecule has 2 amide bonds. The summed E-state index contributed by atoms with van der Waals surface area (Å²) in [5.41, 5.74) is 5.79. The predicted molar refractivity (Wildman–Crippen MR) is 247 cm³/mol. The van der Waals surface area contributed by atoms with Crippen molar-refractivity contribution >= 4 is 17.8 Å². The van der Waals surface area contributed by atoms with Crippen molar-refractivity contribution in [2.24, 2.45) is 0 Å². The fourth-order valence-electron chi connectivity index (χ4n) is 9.56. The number of fused-ring (bicyclic) bond motifs is 6. The van der Waals surface area contributed by atoms with Crippen LogP contribution in [0.25, 0.3) is 0 Å². The van der Waals surface area contributed by atoms with Crippen LogP contribution in [0.2, 0.25) is 0 Å². The number of hydrogen-bond acceptors (Lipinski definition) is 9. The zero-order valence-corrected chi connectivity index (χ0v) is 39.2. The molecule has 0 spiro atoms. The van der Waals surface area contributed by atoms with Crippen molar-refractivity contribution in [3.63, 3.8) is 0 Å². The Morgan fingerprint density at radius 1 is 0.703 bits per heavy atom. The zero-order chi connectivity index (χ0) is 46.7. The molecule has 2 aromatic carbocycles. The first-order valence-electron chi connectivity index (χ1n) is 23.1. The molecule has 0 bridgehead atoms. The number of carboxylic acid groups (broad SMARTS) is 1. The minimum Gasteiger partial charge on any atom is -0.508 e. The molecule has 12 nitrogen and oxygen atoms in total. The number of benzene rings is 2. The average Bonchev–Trinajstić information content (AvgIpc) is 3.70. The second kappa shape index (κ2) is 20.0. The van der Waals surface area contributed by atoms with Crippen molar-refractivity contribution in [2.75, 3.05) is 6.54 Å². The molecule has 4 heterocycles. The Morgan fingerprint density at radius 2 is 1.17 bits per heavy atom. The van der Waals surface area contributed by atoms with E-state index in [1.165, 1.54) is 39.3 Å². The van der Waals surface area contributed by atoms with Gasteiger partial charge in [-0.1, -0.05) is 46.6 Å². The largest absolute Gasteiger partial charge is 0.508 e. The molecule has 5 atom stereocenters. The Labute approximate surface area is 379 Å². The molecule has 4 aliphatic rings. The smallest absolute Gasteiger partial charge is 0.326 e. The predicted octanol–water partition coefficient (Wildman–Crippen LogP) is 9.39. The van der Waals surface area contributed by atoms with Crippen LogP contribution in [0.4, 0.5) is 0 Å². The van der Waals surface area contributed by atoms with Crippen molar-refractivity contribution in [1.82, 2.24) is 9.80 Å². The van der Waals surface area contributed by atoms with Crippen LogP contribution < -0.4 is 9.47 Å². The van der Waals surface area contributed by atoms with Gasteiger partial charge in [0, 0.05) is 41.6 Å². The van der Waals surface area contributed by atoms with Crippen LogP contribution in [-0.2, 0) is 30.7 Å². The number of ether oxygens (including phenoxy) is 2. The number of aromatic hydroxyl groups is 2. The van der Waals surface area contributed by atoms with Crippen molar-refractivity contribution in [3.8, 4) is 23.0 Å². The number of carboxylic acids is 1. The maximum absolute atomic E-state index is 13.9. The molecular formula is C52H70N2O10. The maximum atomic E-state index is 13.9. The number of aliphatic carboxylic acids is 1. The van der Waals surface area contributed by atoms with Crippen LogP contribution in [0.1, 0.15) is 169 Å². The molecule has 0 radical (unpaired) electrons. The lowest BCUT2D eigenvalue weighted by Crippen LogP contribution is -2.49. The molecule has 0 aromatic heterocycles. The van der Waals surface area contributed by atoms with E-state index in [2.05, 4.69) is 65.8 Å². The summed E-state index contributed by atoms with van der Waals surface area (Å²) < 4.78 is 13.1. The number of carbonyl (C=O) groups is 3. The minimum absolute atomic E-state index is 0.0163. The lowest BCUT2D eigenvalue weighted by atomic mass is 9.84. The number of hydrogen-bond donors (Lipinski definition) is 5. The van der Waals surface area contributed by atoms with Gasteiger partial charge in [-0.15, -0.1) is 0 Å². The monoisotopic (exact) mass is 883 g/mol. The number of phenolic OH excluding ortho intramolecular Hbond substituents is 2. The zero-order valence-electron chi connectivity index (χ0n) is 39.2. The summed E-state index contributed by atoms with van der Waals surface area (Å²) in [6.07, 6.45) is 14.6. The van der Waals surface area contributed by atoms with E-state index in [4.69, 9.17) is 9.47 Å². The summed E-state index contributed by atoms with van der Waals surface area (Å²) >= 11 is 0. The molecule has 0 aliphatic carbocycles. The summed E-state index contributed by atoms with van der Waals surface area (Å²) in [7, 11) is 0. The van der Waals surface area contributed by atoms with E-state index in [1.807, 2.05) is 13.8 Å². The quantitative estimate of drug-likeness (QED) is 0.0675. The van der Waals surface area contributed by atoms with E-state index < -0.39 is 41.3 Å². The molecule has 0 fully saturated rings. The molecule has 5 N–H and O–H groups in total. The molecule has 6 rings (SSSR count). The lowest BCUT2D eigenvalue weighted by Gasteiger charge is -2.41. The SMILES string of the molecule is CC(C)=CCCC(C)=CCCC1(C)Oc2c(c(O)cc3c2CN(CCCCC(C(=O)O)N2Cc4c(cc(O)c5c4OC(C)(CCC=C(C)CCC=C(C)C)C(O)C5)C2=O)C3=O)CC1O. The maximum Gasteiger partial charge on any atom is 0.326 e. The third-order valence-electron chi connectivity index (χ3n) is 13.8. The lowest BCUT2D eigenvalue weighted by molar-refractivity contribution is -0.142. The van der Waals surface area contributed by atoms with Crippen molar-refractivity contribution in [1.29, 1.82) is 0 Å². The number of phenols is 2. The number of aliphatic hydroxyl groups is 2. The van der Waals surface area contributed by atoms with Gasteiger partial charge in [-0.25, -0.2) is 4.79 Å². The Morgan fingerprint density at radius 3 is 1.64 bits per heavy atom. The number of allylic oxidation sites excluding steroid dienone is 8. The molecule has 2 aromatic rings. The number of aliphatic hydroxyl groups excluding tert-OH is 2. The van der Waals surface area contributed by atoms with E-state index in [-0.39, 0.29) is 55.3 Å². The molecular weight excluding hydrogens is 813 g/mol. The van der Waals surface area contributed by atoms with Gasteiger partial charge in [-0.05, 0) is 138 Å². The van der Waals surface area contributed by atoms with E-state index >= 15 is 0 Å². The molecule has 348 valence electrons. The summed E-state index contributed by atoms with van der Waals surface area (Å²) in [5.74, 6) is -1.39. The van der Waals surface area contributed by atoms with Gasteiger partial charge in [-0.3, -0.25) is 9.59 Å². The van der Waals surface area contributed by atoms with Gasteiger partial charge in [0.15, 0.2) is 0 Å². The van der Waals surface area contributed by atoms with Gasteiger partial charge in [0.1, 0.15) is 40.2 Å². The van der Waals surface area contributed by atoms with Gasteiger partial charge in [-0.2, -0.15) is 0 Å². The Hall–Kier alpha value is -5.07. The average molecular weight is 883 g/mol. The number of nitrogens with zero attached hydrogens (tertiary/aromatic N) is 2. The van der Waals surface area contributed by atoms with Crippen LogP contribution in [0.5, 0.6) is 23.0 Å². The normalized spacial score (nSPS) is 23.2. The van der Waals surface area contributed by atoms with E-state index in [1.54, 1.807) is 4.90 Å². The third-order valence-corrected chi connectivity index (χ3v) is 13.8. The fraction of sp³-hybridized carbons (Fsp3) is 0.558. The highest BCUT2D eigenvalue weighted by Gasteiger charge is 2.47. The summed E-state index contributed by atoms with van der Waals surface area (Å²) in [6, 6.07) is 1.65. The first-order chi connectivity index (χ1) is 30.2. The van der Waals surface area contributed by atoms with Gasteiger partial charge in [0.05, 0.1) is 36.4 Å². The summed E-state index contributed by atoms with van der Waals surface area (Å²) in [6.45, 7) is 16.8. The summed E-state index contributed by atoms with van der Waals surface area (Å²) in [4.78, 5) is 43.3. The highest BCUT2D eigenvalue weighted by Crippen LogP contribution is 2.48. The van der Waals surface area contributed by atoms with E-state index in [9.17, 15) is 39.9 Å². The number of rotatable bonds is 19. The van der Waals surface area contributed by atoms with Crippen LogP contribution in [-0.4, -0.2) is 89.1 Å². The van der Waals surface area contributed by atoms with Crippen molar-refractivity contribution in [2.45, 2.75) is 181 Å². The van der Waals surface area contributed by atoms with Gasteiger partial charge >= 0.3 is 5.97 Å². The fourth-order valence-corrected chi connectivity index (χ4v) is 9.56. The molecule has 0 saturated heterocycles. The van der Waals surface area contributed by atoms with Crippen molar-refractivity contribution in [3.05, 3.63) is 92.1 Å². The van der Waals surface area contributed by atoms with Gasteiger partial charge in [0.25, 0.3) is 11.8 Å². The molecule has 64 heavy (non-hydrogen) atoms. The third kappa shape index (κ3) is 10.5. The minimum atomic E-state index is -1.17. The second-order valence-electron chi connectivity index (χ2n) is 19.6. The first kappa shape index (κ1) is 48.4. The molecule has 5 unspecified atom stereocenters. The number of unbranched alkanes of at least 4 members (excludes halogenated alkanes) is 1. The van der Waals surface area contributed by atoms with Gasteiger partial charge < -0.3 is 44.8 Å². The highest BCUT2D eigenvalue weighted by molar-refractivity contribution is 6.02. The topological polar surface area (TPSA) is 177 Å². The first-order valence-corrected chi connectivity index (χ1v) is 23.1. The van der Waals surface area contributed by atoms with Gasteiger partial charge in [0.2, 0.25) is 0 Å². The van der Waals surface area contributed by atoms with E-state index in [0.717, 1.165) is 25.7 Å². The Kier molecular flexibility index (Phi) is 15.1. The standard InChI is InChI=1S/C52H70N2O10/c1-31(2)15-11-17-33(5)19-13-22-51(7)44(57)27-37-42(55)25-35-39(46(37)63-51)29-53(48(35)59)24-10-9-21-41(50(61)62)54-30-40-36(49(54)60)26-43(56)38-28-45(58)52(8,64-47(38)40)23-14-20-34(6)18-12-16-32(3)4/h15-16,19-20,25-26,41,44-45,55-58H,9-14,17-18,21-24,27-30H2,1-8H3,(H,61,62). The van der Waals surface area contributed by atoms with E-state index in [0.29, 0.717) is 84.4 Å². The van der Waals surface area contributed by atoms with Crippen molar-refractivity contribution < 1.29 is 49.4 Å². The Bertz CT molecular complexity index is 2250. The molecule has 0 saturated carbocycles. The molecule has 12 heteroatoms. The Balaban J connectivity index is 1.08. The highest BCUT2D eigenvalue weighted by atomic mass is 16.5. The van der Waals surface area contributed by atoms with Crippen LogP contribution >= 0.6 is 0 Å². The van der Waals surface area contributed by atoms with Crippen LogP contribution in [0, 0.1) is 0 Å². The number of carbonyl (C=O) groups excluding carboxylic acids is 2. The second-order valence-corrected chi connectivity index (χ2v) is 19.6.